The van der Waals surface area contributed by atoms with Crippen LogP contribution in [-0.4, -0.2) is 15.1 Å². The van der Waals surface area contributed by atoms with Gasteiger partial charge in [-0.2, -0.15) is 0 Å². The highest BCUT2D eigenvalue weighted by Gasteiger charge is 2.26. The summed E-state index contributed by atoms with van der Waals surface area (Å²) in [4.78, 5) is 8.58. The minimum absolute atomic E-state index is 0.202. The van der Waals surface area contributed by atoms with Crippen LogP contribution in [0.15, 0.2) is 28.4 Å². The second-order valence-electron chi connectivity index (χ2n) is 8.54. The summed E-state index contributed by atoms with van der Waals surface area (Å²) in [5, 5.41) is 19.3. The van der Waals surface area contributed by atoms with Crippen molar-refractivity contribution in [2.24, 2.45) is 10.2 Å². The number of benzene rings is 1. The van der Waals surface area contributed by atoms with Crippen molar-refractivity contribution >= 4 is 11.6 Å². The largest absolute Gasteiger partial charge is 0.507 e. The molecule has 5 nitrogen and oxygen atoms in total. The topological polar surface area (TPSA) is 70.7 Å². The standard InChI is InChI=1S/C20H28N4O/c1-12-9-13(2)22-18(21-12)24-23-14-10-15(19(3,4)5)17(25)16(11-14)20(6,7)8/h9-11,25H,1-8H3. The zero-order valence-corrected chi connectivity index (χ0v) is 16.5. The molecule has 0 saturated carbocycles. The summed E-state index contributed by atoms with van der Waals surface area (Å²) in [7, 11) is 0. The molecule has 0 radical (unpaired) electrons. The Balaban J connectivity index is 2.56. The molecule has 2 rings (SSSR count). The molecule has 25 heavy (non-hydrogen) atoms. The van der Waals surface area contributed by atoms with Crippen molar-refractivity contribution in [3.05, 3.63) is 40.7 Å². The lowest BCUT2D eigenvalue weighted by Crippen LogP contribution is -2.16. The van der Waals surface area contributed by atoms with Gasteiger partial charge in [0, 0.05) is 22.5 Å². The van der Waals surface area contributed by atoms with Gasteiger partial charge in [-0.15, -0.1) is 10.2 Å². The molecule has 0 amide bonds. The summed E-state index contributed by atoms with van der Waals surface area (Å²) in [5.74, 6) is 0.682. The van der Waals surface area contributed by atoms with Gasteiger partial charge in [0.25, 0.3) is 5.95 Å². The molecule has 1 heterocycles. The van der Waals surface area contributed by atoms with E-state index in [-0.39, 0.29) is 10.8 Å². The molecule has 1 N–H and O–H groups in total. The van der Waals surface area contributed by atoms with Crippen LogP contribution < -0.4 is 0 Å². The van der Waals surface area contributed by atoms with E-state index in [1.807, 2.05) is 32.0 Å². The molecule has 0 fully saturated rings. The van der Waals surface area contributed by atoms with Crippen LogP contribution in [-0.2, 0) is 10.8 Å². The van der Waals surface area contributed by atoms with E-state index in [0.717, 1.165) is 22.5 Å². The number of aryl methyl sites for hydroxylation is 2. The second kappa shape index (κ2) is 6.54. The van der Waals surface area contributed by atoms with Gasteiger partial charge in [0.05, 0.1) is 5.69 Å². The van der Waals surface area contributed by atoms with E-state index in [4.69, 9.17) is 0 Å². The molecule has 2 aromatic rings. The average molecular weight is 340 g/mol. The molecule has 1 aromatic carbocycles. The van der Waals surface area contributed by atoms with Gasteiger partial charge in [-0.25, -0.2) is 9.97 Å². The van der Waals surface area contributed by atoms with Crippen LogP contribution in [0.5, 0.6) is 5.75 Å². The van der Waals surface area contributed by atoms with Crippen LogP contribution in [0.2, 0.25) is 0 Å². The van der Waals surface area contributed by atoms with Crippen molar-refractivity contribution in [2.75, 3.05) is 0 Å². The highest BCUT2D eigenvalue weighted by atomic mass is 16.3. The lowest BCUT2D eigenvalue weighted by Gasteiger charge is -2.27. The first-order valence-corrected chi connectivity index (χ1v) is 8.50. The number of phenols is 1. The molecule has 0 saturated heterocycles. The molecule has 0 atom stereocenters. The highest BCUT2D eigenvalue weighted by molar-refractivity contribution is 5.56. The van der Waals surface area contributed by atoms with E-state index in [1.54, 1.807) is 0 Å². The summed E-state index contributed by atoms with van der Waals surface area (Å²) >= 11 is 0. The van der Waals surface area contributed by atoms with E-state index >= 15 is 0 Å². The van der Waals surface area contributed by atoms with Gasteiger partial charge < -0.3 is 5.11 Å². The van der Waals surface area contributed by atoms with Gasteiger partial charge in [0.2, 0.25) is 0 Å². The van der Waals surface area contributed by atoms with Gasteiger partial charge >= 0.3 is 0 Å². The van der Waals surface area contributed by atoms with Crippen LogP contribution in [0.4, 0.5) is 11.6 Å². The fourth-order valence-electron chi connectivity index (χ4n) is 2.67. The summed E-state index contributed by atoms with van der Waals surface area (Å²) in [5.41, 5.74) is 3.72. The molecule has 0 spiro atoms. The lowest BCUT2D eigenvalue weighted by molar-refractivity contribution is 0.423. The first kappa shape index (κ1) is 19.0. The van der Waals surface area contributed by atoms with Crippen molar-refractivity contribution < 1.29 is 5.11 Å². The van der Waals surface area contributed by atoms with Crippen molar-refractivity contribution in [1.29, 1.82) is 0 Å². The van der Waals surface area contributed by atoms with Crippen LogP contribution in [0, 0.1) is 13.8 Å². The predicted molar refractivity (Wildman–Crippen MR) is 101 cm³/mol. The first-order chi connectivity index (χ1) is 11.4. The zero-order chi connectivity index (χ0) is 19.0. The minimum Gasteiger partial charge on any atom is -0.507 e. The van der Waals surface area contributed by atoms with E-state index in [2.05, 4.69) is 61.7 Å². The summed E-state index contributed by atoms with van der Waals surface area (Å²) in [6.45, 7) is 16.2. The van der Waals surface area contributed by atoms with Gasteiger partial charge in [-0.1, -0.05) is 41.5 Å². The van der Waals surface area contributed by atoms with E-state index in [0.29, 0.717) is 17.4 Å². The van der Waals surface area contributed by atoms with Gasteiger partial charge in [0.1, 0.15) is 5.75 Å². The number of hydrogen-bond acceptors (Lipinski definition) is 5. The van der Waals surface area contributed by atoms with Crippen LogP contribution >= 0.6 is 0 Å². The number of hydrogen-bond donors (Lipinski definition) is 1. The molecule has 134 valence electrons. The molecular weight excluding hydrogens is 312 g/mol. The lowest BCUT2D eigenvalue weighted by atomic mass is 9.79. The molecule has 0 aliphatic heterocycles. The average Bonchev–Trinajstić information content (AvgIpc) is 2.42. The quantitative estimate of drug-likeness (QED) is 0.701. The van der Waals surface area contributed by atoms with Crippen molar-refractivity contribution in [1.82, 2.24) is 9.97 Å². The van der Waals surface area contributed by atoms with Crippen molar-refractivity contribution in [3.8, 4) is 5.75 Å². The third-order valence-corrected chi connectivity index (χ3v) is 3.94. The number of nitrogens with zero attached hydrogens (tertiary/aromatic N) is 4. The molecule has 0 bridgehead atoms. The number of rotatable bonds is 2. The Morgan fingerprint density at radius 1 is 0.760 bits per heavy atom. The Kier molecular flexibility index (Phi) is 4.98. The van der Waals surface area contributed by atoms with E-state index < -0.39 is 0 Å². The number of azo groups is 1. The monoisotopic (exact) mass is 340 g/mol. The molecule has 0 aliphatic rings. The maximum absolute atomic E-state index is 10.7. The normalized spacial score (nSPS) is 12.8. The van der Waals surface area contributed by atoms with Crippen LogP contribution in [0.25, 0.3) is 0 Å². The summed E-state index contributed by atoms with van der Waals surface area (Å²) < 4.78 is 0. The number of aromatic hydroxyl groups is 1. The number of phenolic OH excluding ortho intramolecular Hbond substituents is 1. The Bertz CT molecular complexity index is 756. The fraction of sp³-hybridized carbons (Fsp3) is 0.500. The highest BCUT2D eigenvalue weighted by Crippen LogP contribution is 2.41. The van der Waals surface area contributed by atoms with Gasteiger partial charge in [-0.05, 0) is 42.9 Å². The first-order valence-electron chi connectivity index (χ1n) is 8.50. The Labute approximate surface area is 150 Å². The van der Waals surface area contributed by atoms with E-state index in [9.17, 15) is 5.11 Å². The smallest absolute Gasteiger partial charge is 0.269 e. The van der Waals surface area contributed by atoms with Crippen molar-refractivity contribution in [2.45, 2.75) is 66.2 Å². The molecule has 5 heteroatoms. The maximum Gasteiger partial charge on any atom is 0.269 e. The Morgan fingerprint density at radius 3 is 1.60 bits per heavy atom. The SMILES string of the molecule is Cc1cc(C)nc(N=Nc2cc(C(C)(C)C)c(O)c(C(C)(C)C)c2)n1. The minimum atomic E-state index is -0.202. The third-order valence-electron chi connectivity index (χ3n) is 3.94. The molecule has 1 aromatic heterocycles. The van der Waals surface area contributed by atoms with E-state index in [1.165, 1.54) is 0 Å². The zero-order valence-electron chi connectivity index (χ0n) is 16.5. The van der Waals surface area contributed by atoms with Gasteiger partial charge in [-0.3, -0.25) is 0 Å². The Morgan fingerprint density at radius 2 is 1.20 bits per heavy atom. The van der Waals surface area contributed by atoms with Crippen molar-refractivity contribution in [3.63, 3.8) is 0 Å². The molecule has 0 aliphatic carbocycles. The number of aromatic nitrogens is 2. The van der Waals surface area contributed by atoms with Crippen LogP contribution in [0.3, 0.4) is 0 Å². The predicted octanol–water partition coefficient (Wildman–Crippen LogP) is 5.81. The Hall–Kier alpha value is -2.30. The third kappa shape index (κ3) is 4.62. The van der Waals surface area contributed by atoms with Gasteiger partial charge in [0.15, 0.2) is 0 Å². The molecule has 0 unspecified atom stereocenters. The second-order valence-corrected chi connectivity index (χ2v) is 8.54. The fourth-order valence-corrected chi connectivity index (χ4v) is 2.67. The summed E-state index contributed by atoms with van der Waals surface area (Å²) in [6.07, 6.45) is 0. The summed E-state index contributed by atoms with van der Waals surface area (Å²) in [6, 6.07) is 5.67. The maximum atomic E-state index is 10.7. The molecular formula is C20H28N4O. The van der Waals surface area contributed by atoms with Crippen LogP contribution in [0.1, 0.15) is 64.1 Å².